The molecule has 0 aromatic carbocycles. The molecule has 2 heterocycles. The van der Waals surface area contributed by atoms with Crippen LogP contribution in [0.1, 0.15) is 11.4 Å². The topological polar surface area (TPSA) is 93.7 Å². The highest BCUT2D eigenvalue weighted by Gasteiger charge is 2.07. The minimum atomic E-state index is 0.643. The number of nitrogens with two attached hydrogens (primary N) is 1. The van der Waals surface area contributed by atoms with Crippen LogP contribution in [-0.2, 0) is 6.54 Å². The van der Waals surface area contributed by atoms with Crippen molar-refractivity contribution in [3.63, 3.8) is 0 Å². The highest BCUT2D eigenvalue weighted by molar-refractivity contribution is 5.56. The second-order valence-electron chi connectivity index (χ2n) is 3.93. The Kier molecular flexibility index (Phi) is 3.73. The van der Waals surface area contributed by atoms with Crippen molar-refractivity contribution < 1.29 is 0 Å². The number of rotatable bonds is 5. The van der Waals surface area contributed by atoms with Crippen LogP contribution in [0, 0.1) is 13.8 Å². The molecule has 0 atom stereocenters. The number of nitrogens with one attached hydrogen (secondary N) is 2. The van der Waals surface area contributed by atoms with Crippen LogP contribution in [0.4, 0.5) is 11.6 Å². The molecule has 0 aliphatic carbocycles. The van der Waals surface area contributed by atoms with Gasteiger partial charge in [0.1, 0.15) is 17.5 Å². The molecular weight excluding hydrogens is 230 g/mol. The van der Waals surface area contributed by atoms with E-state index in [2.05, 4.69) is 25.8 Å². The molecule has 0 bridgehead atoms. The van der Waals surface area contributed by atoms with Gasteiger partial charge in [0, 0.05) is 24.5 Å². The Hall–Kier alpha value is -2.15. The van der Waals surface area contributed by atoms with Crippen molar-refractivity contribution in [2.75, 3.05) is 17.3 Å². The van der Waals surface area contributed by atoms with Crippen molar-refractivity contribution in [3.8, 4) is 0 Å². The normalized spacial score (nSPS) is 10.4. The van der Waals surface area contributed by atoms with Gasteiger partial charge in [-0.15, -0.1) is 0 Å². The molecule has 18 heavy (non-hydrogen) atoms. The molecule has 2 rings (SSSR count). The smallest absolute Gasteiger partial charge is 0.148 e. The van der Waals surface area contributed by atoms with Gasteiger partial charge in [-0.25, -0.2) is 15.8 Å². The van der Waals surface area contributed by atoms with Crippen LogP contribution in [0.2, 0.25) is 0 Å². The fraction of sp³-hybridized carbons (Fsp3) is 0.364. The molecule has 7 heteroatoms. The third kappa shape index (κ3) is 2.75. The molecule has 0 amide bonds. The van der Waals surface area contributed by atoms with E-state index in [4.69, 9.17) is 5.84 Å². The average Bonchev–Trinajstić information content (AvgIpc) is 2.86. The van der Waals surface area contributed by atoms with Gasteiger partial charge in [0.05, 0.1) is 6.54 Å². The molecule has 0 unspecified atom stereocenters. The van der Waals surface area contributed by atoms with Gasteiger partial charge in [0.15, 0.2) is 0 Å². The molecule has 0 aliphatic rings. The summed E-state index contributed by atoms with van der Waals surface area (Å²) in [6.45, 7) is 5.27. The molecule has 0 aliphatic heterocycles. The lowest BCUT2D eigenvalue weighted by atomic mass is 10.3. The first-order valence-electron chi connectivity index (χ1n) is 5.74. The SMILES string of the molecule is Cc1nc(NN)c(C)c(NCCn2cccn2)n1. The molecule has 0 radical (unpaired) electrons. The fourth-order valence-corrected chi connectivity index (χ4v) is 1.66. The molecule has 0 spiro atoms. The van der Waals surface area contributed by atoms with Crippen molar-refractivity contribution in [3.05, 3.63) is 29.8 Å². The maximum Gasteiger partial charge on any atom is 0.148 e. The fourth-order valence-electron chi connectivity index (χ4n) is 1.66. The number of nitrogens with zero attached hydrogens (tertiary/aromatic N) is 4. The van der Waals surface area contributed by atoms with Gasteiger partial charge in [-0.2, -0.15) is 5.10 Å². The largest absolute Gasteiger partial charge is 0.368 e. The van der Waals surface area contributed by atoms with E-state index in [1.165, 1.54) is 0 Å². The highest BCUT2D eigenvalue weighted by Crippen LogP contribution is 2.18. The standard InChI is InChI=1S/C11H17N7/c1-8-10(15-9(2)16-11(8)17-12)13-5-7-18-6-3-4-14-18/h3-4,6H,5,7,12H2,1-2H3,(H2,13,15,16,17). The number of hydrogen-bond donors (Lipinski definition) is 3. The second kappa shape index (κ2) is 5.46. The van der Waals surface area contributed by atoms with E-state index in [0.29, 0.717) is 11.6 Å². The zero-order valence-corrected chi connectivity index (χ0v) is 10.5. The molecular formula is C11H17N7. The number of anilines is 2. The summed E-state index contributed by atoms with van der Waals surface area (Å²) in [5, 5.41) is 7.39. The van der Waals surface area contributed by atoms with E-state index in [-0.39, 0.29) is 0 Å². The van der Waals surface area contributed by atoms with E-state index in [1.807, 2.05) is 30.8 Å². The maximum atomic E-state index is 5.41. The molecule has 0 saturated carbocycles. The van der Waals surface area contributed by atoms with Gasteiger partial charge >= 0.3 is 0 Å². The zero-order chi connectivity index (χ0) is 13.0. The van der Waals surface area contributed by atoms with Gasteiger partial charge in [-0.05, 0) is 19.9 Å². The van der Waals surface area contributed by atoms with Crippen LogP contribution in [-0.4, -0.2) is 26.3 Å². The summed E-state index contributed by atoms with van der Waals surface area (Å²) in [5.41, 5.74) is 3.48. The van der Waals surface area contributed by atoms with E-state index in [9.17, 15) is 0 Å². The summed E-state index contributed by atoms with van der Waals surface area (Å²) in [5.74, 6) is 7.52. The Bertz CT molecular complexity index is 506. The Morgan fingerprint density at radius 2 is 2.06 bits per heavy atom. The van der Waals surface area contributed by atoms with E-state index in [0.717, 1.165) is 24.5 Å². The monoisotopic (exact) mass is 247 g/mol. The molecule has 2 aromatic heterocycles. The lowest BCUT2D eigenvalue weighted by Gasteiger charge is -2.12. The third-order valence-corrected chi connectivity index (χ3v) is 2.59. The van der Waals surface area contributed by atoms with Crippen LogP contribution in [0.25, 0.3) is 0 Å². The summed E-state index contributed by atoms with van der Waals surface area (Å²) in [4.78, 5) is 8.56. The van der Waals surface area contributed by atoms with E-state index in [1.54, 1.807) is 6.20 Å². The van der Waals surface area contributed by atoms with Gasteiger partial charge in [-0.1, -0.05) is 0 Å². The number of nitrogen functional groups attached to an aromatic ring is 1. The Morgan fingerprint density at radius 1 is 1.28 bits per heavy atom. The Morgan fingerprint density at radius 3 is 2.72 bits per heavy atom. The quantitative estimate of drug-likeness (QED) is 0.531. The first kappa shape index (κ1) is 12.3. The minimum absolute atomic E-state index is 0.643. The lowest BCUT2D eigenvalue weighted by molar-refractivity contribution is 0.636. The molecule has 7 nitrogen and oxygen atoms in total. The van der Waals surface area contributed by atoms with E-state index < -0.39 is 0 Å². The summed E-state index contributed by atoms with van der Waals surface area (Å²) in [6, 6.07) is 1.90. The average molecular weight is 247 g/mol. The van der Waals surface area contributed by atoms with Crippen molar-refractivity contribution in [2.45, 2.75) is 20.4 Å². The highest BCUT2D eigenvalue weighted by atomic mass is 15.3. The summed E-state index contributed by atoms with van der Waals surface area (Å²) >= 11 is 0. The van der Waals surface area contributed by atoms with Gasteiger partial charge in [0.2, 0.25) is 0 Å². The number of aryl methyl sites for hydroxylation is 1. The van der Waals surface area contributed by atoms with Crippen molar-refractivity contribution in [1.82, 2.24) is 19.7 Å². The van der Waals surface area contributed by atoms with Crippen LogP contribution in [0.5, 0.6) is 0 Å². The van der Waals surface area contributed by atoms with Gasteiger partial charge in [-0.3, -0.25) is 4.68 Å². The van der Waals surface area contributed by atoms with Crippen LogP contribution >= 0.6 is 0 Å². The zero-order valence-electron chi connectivity index (χ0n) is 10.5. The predicted octanol–water partition coefficient (Wildman–Crippen LogP) is 0.688. The first-order chi connectivity index (χ1) is 8.70. The first-order valence-corrected chi connectivity index (χ1v) is 5.74. The molecule has 4 N–H and O–H groups in total. The second-order valence-corrected chi connectivity index (χ2v) is 3.93. The van der Waals surface area contributed by atoms with Crippen molar-refractivity contribution in [1.29, 1.82) is 0 Å². The summed E-state index contributed by atoms with van der Waals surface area (Å²) in [6.07, 6.45) is 3.68. The van der Waals surface area contributed by atoms with Crippen LogP contribution < -0.4 is 16.6 Å². The summed E-state index contributed by atoms with van der Waals surface area (Å²) in [7, 11) is 0. The molecule has 0 saturated heterocycles. The van der Waals surface area contributed by atoms with Gasteiger partial charge in [0.25, 0.3) is 0 Å². The van der Waals surface area contributed by atoms with Crippen molar-refractivity contribution in [2.24, 2.45) is 5.84 Å². The third-order valence-electron chi connectivity index (χ3n) is 2.59. The maximum absolute atomic E-state index is 5.41. The Labute approximate surface area is 105 Å². The predicted molar refractivity (Wildman–Crippen MR) is 70.0 cm³/mol. The Balaban J connectivity index is 2.02. The van der Waals surface area contributed by atoms with Crippen molar-refractivity contribution >= 4 is 11.6 Å². The number of hydrazine groups is 1. The van der Waals surface area contributed by atoms with Gasteiger partial charge < -0.3 is 10.7 Å². The van der Waals surface area contributed by atoms with E-state index >= 15 is 0 Å². The molecule has 2 aromatic rings. The van der Waals surface area contributed by atoms with Crippen LogP contribution in [0.3, 0.4) is 0 Å². The minimum Gasteiger partial charge on any atom is -0.368 e. The lowest BCUT2D eigenvalue weighted by Crippen LogP contribution is -2.16. The number of hydrogen-bond acceptors (Lipinski definition) is 6. The summed E-state index contributed by atoms with van der Waals surface area (Å²) < 4.78 is 1.86. The van der Waals surface area contributed by atoms with Crippen LogP contribution in [0.15, 0.2) is 18.5 Å². The molecule has 0 fully saturated rings. The molecule has 96 valence electrons. The number of aromatic nitrogens is 4.